The maximum absolute atomic E-state index is 12.6. The average Bonchev–Trinajstić information content (AvgIpc) is 3.68. The molecule has 0 radical (unpaired) electrons. The second-order valence-electron chi connectivity index (χ2n) is 19.8. The number of phenols is 1. The third-order valence-electron chi connectivity index (χ3n) is 11.4. The third-order valence-corrected chi connectivity index (χ3v) is 11.4. The Morgan fingerprint density at radius 2 is 1.35 bits per heavy atom. The fourth-order valence-electron chi connectivity index (χ4n) is 8.00. The monoisotopic (exact) mass is 1020 g/mol. The number of benzene rings is 6. The predicted octanol–water partition coefficient (Wildman–Crippen LogP) is 15.3. The van der Waals surface area contributed by atoms with Gasteiger partial charge in [-0.05, 0) is 86.7 Å². The molecule has 0 saturated heterocycles. The molecule has 0 saturated carbocycles. The number of rotatable bonds is 8. The van der Waals surface area contributed by atoms with Crippen molar-refractivity contribution < 1.29 is 37.1 Å². The third kappa shape index (κ3) is 9.39. The van der Waals surface area contributed by atoms with Gasteiger partial charge in [0.2, 0.25) is 0 Å². The van der Waals surface area contributed by atoms with Gasteiger partial charge in [0.05, 0.1) is 33.3 Å². The van der Waals surface area contributed by atoms with Crippen molar-refractivity contribution in [2.75, 3.05) is 0 Å². The number of aromatic hydroxyl groups is 1. The standard InChI is InChI=1S/C58H60N3O.Pt/c1-37(2)29-38-25-26-51(47(30-38)40-21-16-13-17-22-40)61-52-24-18-23-46(53(52)60-55(61)48-35-45(57(6,7)8)36-49(54(48)62)58(9,10)11)42-31-43(33-44(32-42)56(3,4)5)50-34-41(27-28-59-50)39-19-14-12-15-20-39;/h12-28,30,32-37,62H,29H2,1-11H3;/q-1;/i12D,14D,15D,19D,20D,27D,28D,34D;. The van der Waals surface area contributed by atoms with Gasteiger partial charge in [-0.1, -0.05) is 178 Å². The molecule has 0 unspecified atom stereocenters. The van der Waals surface area contributed by atoms with Crippen LogP contribution in [-0.2, 0) is 43.7 Å². The van der Waals surface area contributed by atoms with Gasteiger partial charge < -0.3 is 5.11 Å². The molecule has 0 atom stereocenters. The quantitative estimate of drug-likeness (QED) is 0.154. The zero-order chi connectivity index (χ0) is 51.1. The molecule has 63 heavy (non-hydrogen) atoms. The Balaban J connectivity index is 0.00000741. The fourth-order valence-corrected chi connectivity index (χ4v) is 8.00. The van der Waals surface area contributed by atoms with Crippen LogP contribution in [-0.4, -0.2) is 19.6 Å². The van der Waals surface area contributed by atoms with E-state index in [1.54, 1.807) is 0 Å². The van der Waals surface area contributed by atoms with Gasteiger partial charge in [0.15, 0.2) is 0 Å². The van der Waals surface area contributed by atoms with Gasteiger partial charge >= 0.3 is 0 Å². The van der Waals surface area contributed by atoms with Crippen LogP contribution in [0, 0.1) is 12.0 Å². The second-order valence-corrected chi connectivity index (χ2v) is 19.8. The van der Waals surface area contributed by atoms with Crippen LogP contribution >= 0.6 is 0 Å². The van der Waals surface area contributed by atoms with E-state index in [-0.39, 0.29) is 55.1 Å². The molecular weight excluding hydrogens is 950 g/mol. The van der Waals surface area contributed by atoms with Gasteiger partial charge in [-0.3, -0.25) is 9.55 Å². The van der Waals surface area contributed by atoms with E-state index in [1.807, 2.05) is 48.5 Å². The molecule has 2 heterocycles. The molecule has 2 aromatic heterocycles. The van der Waals surface area contributed by atoms with Crippen molar-refractivity contribution in [2.24, 2.45) is 5.92 Å². The molecule has 0 amide bonds. The molecule has 6 aromatic carbocycles. The molecule has 0 aliphatic carbocycles. The van der Waals surface area contributed by atoms with Crippen molar-refractivity contribution in [2.45, 2.75) is 98.8 Å². The zero-order valence-corrected chi connectivity index (χ0v) is 40.3. The van der Waals surface area contributed by atoms with Crippen molar-refractivity contribution in [3.05, 3.63) is 168 Å². The van der Waals surface area contributed by atoms with E-state index in [4.69, 9.17) is 14.6 Å². The molecule has 0 aliphatic heterocycles. The van der Waals surface area contributed by atoms with Crippen LogP contribution in [0.1, 0.15) is 109 Å². The Kier molecular flexibility index (Phi) is 9.98. The minimum atomic E-state index is -0.606. The van der Waals surface area contributed by atoms with E-state index in [0.29, 0.717) is 39.5 Å². The number of para-hydroxylation sites is 1. The summed E-state index contributed by atoms with van der Waals surface area (Å²) in [6.45, 7) is 23.4. The maximum atomic E-state index is 12.6. The fraction of sp³-hybridized carbons (Fsp3) is 0.276. The number of pyridine rings is 1. The summed E-state index contributed by atoms with van der Waals surface area (Å²) >= 11 is 0. The molecular formula is C58H60N3OPt-. The predicted molar refractivity (Wildman–Crippen MR) is 261 cm³/mol. The van der Waals surface area contributed by atoms with Gasteiger partial charge in [-0.15, -0.1) is 29.3 Å². The smallest absolute Gasteiger partial charge is 0.148 e. The second kappa shape index (κ2) is 17.5. The average molecular weight is 1020 g/mol. The van der Waals surface area contributed by atoms with Gasteiger partial charge in [0, 0.05) is 44.1 Å². The minimum absolute atomic E-state index is 0. The van der Waals surface area contributed by atoms with Crippen molar-refractivity contribution >= 4 is 11.0 Å². The minimum Gasteiger partial charge on any atom is -0.507 e. The van der Waals surface area contributed by atoms with Crippen LogP contribution in [0.3, 0.4) is 0 Å². The Bertz CT molecular complexity index is 3350. The van der Waals surface area contributed by atoms with Gasteiger partial charge in [0.25, 0.3) is 0 Å². The van der Waals surface area contributed by atoms with Crippen LogP contribution in [0.25, 0.3) is 72.7 Å². The van der Waals surface area contributed by atoms with Crippen LogP contribution in [0.4, 0.5) is 0 Å². The normalized spacial score (nSPS) is 14.0. The van der Waals surface area contributed by atoms with Crippen LogP contribution < -0.4 is 0 Å². The number of imidazole rings is 1. The van der Waals surface area contributed by atoms with Crippen molar-refractivity contribution in [3.8, 4) is 67.5 Å². The molecule has 8 rings (SSSR count). The van der Waals surface area contributed by atoms with E-state index in [1.165, 1.54) is 5.56 Å². The molecule has 4 nitrogen and oxygen atoms in total. The molecule has 5 heteroatoms. The summed E-state index contributed by atoms with van der Waals surface area (Å²) < 4.78 is 71.8. The Morgan fingerprint density at radius 3 is 2.02 bits per heavy atom. The zero-order valence-electron chi connectivity index (χ0n) is 46.0. The van der Waals surface area contributed by atoms with E-state index < -0.39 is 53.3 Å². The summed E-state index contributed by atoms with van der Waals surface area (Å²) in [5.74, 6) is 1.12. The summed E-state index contributed by atoms with van der Waals surface area (Å²) in [5.41, 5.74) is 8.60. The van der Waals surface area contributed by atoms with Crippen LogP contribution in [0.5, 0.6) is 5.75 Å². The molecule has 0 bridgehead atoms. The molecule has 324 valence electrons. The summed E-state index contributed by atoms with van der Waals surface area (Å²) in [7, 11) is 0. The van der Waals surface area contributed by atoms with E-state index in [9.17, 15) is 6.48 Å². The number of hydrogen-bond donors (Lipinski definition) is 1. The first-order chi connectivity index (χ1) is 32.7. The molecule has 0 fully saturated rings. The number of phenolic OH excluding ortho intramolecular Hbond substituents is 1. The molecule has 0 spiro atoms. The molecule has 8 aromatic rings. The number of fused-ring (bicyclic) bond motifs is 1. The summed E-state index contributed by atoms with van der Waals surface area (Å²) in [6.07, 6.45) is 0.369. The SMILES string of the molecule is [2H]c1nc(-c2[c-]c(-c3cccc4c3nc(-c3cc(C(C)(C)C)cc(C(C)(C)C)c3O)n4-c3ccc(CC(C)C)cc3-c3ccccc3)cc(C(C)(C)C)c2)c([2H])c(-c2c([2H])c([2H])c([2H])c([2H])c2[2H])c1[2H].[Pt]. The summed E-state index contributed by atoms with van der Waals surface area (Å²) in [6, 6.07) is 30.6. The van der Waals surface area contributed by atoms with Crippen LogP contribution in [0.15, 0.2) is 139 Å². The van der Waals surface area contributed by atoms with Crippen molar-refractivity contribution in [3.63, 3.8) is 0 Å². The largest absolute Gasteiger partial charge is 0.507 e. The van der Waals surface area contributed by atoms with E-state index >= 15 is 0 Å². The Hall–Kier alpha value is -5.57. The number of nitrogens with zero attached hydrogens (tertiary/aromatic N) is 3. The number of aromatic nitrogens is 3. The molecule has 0 aliphatic rings. The molecule has 1 N–H and O–H groups in total. The first kappa shape index (κ1) is 35.8. The van der Waals surface area contributed by atoms with E-state index in [2.05, 4.69) is 134 Å². The van der Waals surface area contributed by atoms with Gasteiger partial charge in [-0.2, -0.15) is 0 Å². The maximum Gasteiger partial charge on any atom is 0.148 e. The van der Waals surface area contributed by atoms with Gasteiger partial charge in [0.1, 0.15) is 11.6 Å². The van der Waals surface area contributed by atoms with Crippen molar-refractivity contribution in [1.29, 1.82) is 0 Å². The summed E-state index contributed by atoms with van der Waals surface area (Å²) in [5, 5.41) is 12.6. The first-order valence-electron chi connectivity index (χ1n) is 25.4. The van der Waals surface area contributed by atoms with E-state index in [0.717, 1.165) is 45.4 Å². The topological polar surface area (TPSA) is 50.9 Å². The Labute approximate surface area is 401 Å². The van der Waals surface area contributed by atoms with Crippen LogP contribution in [0.2, 0.25) is 0 Å². The summed E-state index contributed by atoms with van der Waals surface area (Å²) in [4.78, 5) is 10.0. The Morgan fingerprint density at radius 1 is 0.667 bits per heavy atom. The van der Waals surface area contributed by atoms with Crippen molar-refractivity contribution in [1.82, 2.24) is 14.5 Å². The van der Waals surface area contributed by atoms with Gasteiger partial charge in [-0.25, -0.2) is 4.98 Å². The number of hydrogen-bond acceptors (Lipinski definition) is 3. The first-order valence-corrected chi connectivity index (χ1v) is 21.4.